The van der Waals surface area contributed by atoms with E-state index in [0.29, 0.717) is 12.3 Å². The molecule has 2 nitrogen and oxygen atoms in total. The van der Waals surface area contributed by atoms with Crippen LogP contribution in [0.4, 0.5) is 0 Å². The van der Waals surface area contributed by atoms with Crippen molar-refractivity contribution in [3.05, 3.63) is 0 Å². The molecule has 0 amide bonds. The number of carbonyl (C=O) groups excluding carboxylic acids is 2. The Morgan fingerprint density at radius 2 is 1.69 bits per heavy atom. The average Bonchev–Trinajstić information content (AvgIpc) is 2.94. The fourth-order valence-electron chi connectivity index (χ4n) is 1.93. The van der Waals surface area contributed by atoms with Crippen LogP contribution >= 0.6 is 0 Å². The Kier molecular flexibility index (Phi) is 3.92. The zero-order chi connectivity index (χ0) is 12.5. The molecule has 1 aliphatic rings. The van der Waals surface area contributed by atoms with E-state index in [4.69, 9.17) is 0 Å². The molecular formula is C14H24O2. The van der Waals surface area contributed by atoms with E-state index in [1.54, 1.807) is 0 Å². The SMILES string of the molecule is CC(C)C(=O)C(CC(=O)C(C)(C)C)C1CC1. The Balaban J connectivity index is 2.66. The summed E-state index contributed by atoms with van der Waals surface area (Å²) in [4.78, 5) is 24.0. The number of Topliss-reactive ketones (excluding diaryl/α,β-unsaturated/α-hetero) is 2. The van der Waals surface area contributed by atoms with Crippen molar-refractivity contribution in [2.75, 3.05) is 0 Å². The minimum atomic E-state index is -0.315. The second kappa shape index (κ2) is 4.68. The molecule has 0 bridgehead atoms. The molecule has 0 aromatic heterocycles. The second-order valence-electron chi connectivity index (χ2n) is 6.38. The van der Waals surface area contributed by atoms with Crippen LogP contribution in [-0.4, -0.2) is 11.6 Å². The normalized spacial score (nSPS) is 18.6. The maximum atomic E-state index is 12.0. The average molecular weight is 224 g/mol. The Bertz CT molecular complexity index is 280. The smallest absolute Gasteiger partial charge is 0.139 e. The third-order valence-corrected chi connectivity index (χ3v) is 3.37. The summed E-state index contributed by atoms with van der Waals surface area (Å²) < 4.78 is 0. The Morgan fingerprint density at radius 1 is 1.19 bits per heavy atom. The molecule has 1 aliphatic carbocycles. The number of carbonyl (C=O) groups is 2. The van der Waals surface area contributed by atoms with Gasteiger partial charge in [0.1, 0.15) is 11.6 Å². The summed E-state index contributed by atoms with van der Waals surface area (Å²) in [6.07, 6.45) is 2.70. The highest BCUT2D eigenvalue weighted by molar-refractivity contribution is 5.91. The summed E-state index contributed by atoms with van der Waals surface area (Å²) in [7, 11) is 0. The Morgan fingerprint density at radius 3 is 2.00 bits per heavy atom. The molecule has 1 atom stereocenters. The standard InChI is InChI=1S/C14H24O2/c1-9(2)13(16)11(10-6-7-10)8-12(15)14(3,4)5/h9-11H,6-8H2,1-5H3. The molecule has 0 N–H and O–H groups in total. The highest BCUT2D eigenvalue weighted by Crippen LogP contribution is 2.41. The summed E-state index contributed by atoms with van der Waals surface area (Å²) >= 11 is 0. The molecule has 0 radical (unpaired) electrons. The van der Waals surface area contributed by atoms with Crippen molar-refractivity contribution >= 4 is 11.6 Å². The molecule has 0 spiro atoms. The van der Waals surface area contributed by atoms with Gasteiger partial charge in [-0.1, -0.05) is 34.6 Å². The van der Waals surface area contributed by atoms with Gasteiger partial charge < -0.3 is 0 Å². The minimum Gasteiger partial charge on any atom is -0.299 e. The summed E-state index contributed by atoms with van der Waals surface area (Å²) in [5.41, 5.74) is -0.315. The molecule has 1 rings (SSSR count). The number of hydrogen-bond acceptors (Lipinski definition) is 2. The topological polar surface area (TPSA) is 34.1 Å². The molecule has 1 unspecified atom stereocenters. The van der Waals surface area contributed by atoms with Gasteiger partial charge in [-0.15, -0.1) is 0 Å². The van der Waals surface area contributed by atoms with Gasteiger partial charge in [0.05, 0.1) is 0 Å². The molecule has 0 heterocycles. The Labute approximate surface area is 98.8 Å². The highest BCUT2D eigenvalue weighted by atomic mass is 16.1. The van der Waals surface area contributed by atoms with Crippen LogP contribution in [0.1, 0.15) is 53.9 Å². The van der Waals surface area contributed by atoms with Crippen molar-refractivity contribution in [3.8, 4) is 0 Å². The van der Waals surface area contributed by atoms with E-state index in [-0.39, 0.29) is 28.8 Å². The first-order chi connectivity index (χ1) is 7.23. The molecule has 0 saturated heterocycles. The minimum absolute atomic E-state index is 0.00766. The van der Waals surface area contributed by atoms with E-state index in [2.05, 4.69) is 0 Å². The van der Waals surface area contributed by atoms with Crippen LogP contribution in [0, 0.1) is 23.2 Å². The maximum Gasteiger partial charge on any atom is 0.139 e. The maximum absolute atomic E-state index is 12.0. The van der Waals surface area contributed by atoms with E-state index >= 15 is 0 Å². The van der Waals surface area contributed by atoms with Gasteiger partial charge in [0.25, 0.3) is 0 Å². The van der Waals surface area contributed by atoms with Crippen LogP contribution in [0.3, 0.4) is 0 Å². The first-order valence-electron chi connectivity index (χ1n) is 6.30. The highest BCUT2D eigenvalue weighted by Gasteiger charge is 2.39. The lowest BCUT2D eigenvalue weighted by atomic mass is 9.80. The van der Waals surface area contributed by atoms with Gasteiger partial charge in [-0.2, -0.15) is 0 Å². The lowest BCUT2D eigenvalue weighted by Crippen LogP contribution is -2.29. The van der Waals surface area contributed by atoms with Gasteiger partial charge in [0.2, 0.25) is 0 Å². The predicted octanol–water partition coefficient (Wildman–Crippen LogP) is 3.24. The monoisotopic (exact) mass is 224 g/mol. The zero-order valence-corrected chi connectivity index (χ0v) is 11.2. The van der Waals surface area contributed by atoms with E-state index in [9.17, 15) is 9.59 Å². The summed E-state index contributed by atoms with van der Waals surface area (Å²) in [6.45, 7) is 9.65. The van der Waals surface area contributed by atoms with Crippen LogP contribution < -0.4 is 0 Å². The van der Waals surface area contributed by atoms with Crippen LogP contribution in [0.15, 0.2) is 0 Å². The molecule has 0 aromatic rings. The van der Waals surface area contributed by atoms with Gasteiger partial charge in [0.15, 0.2) is 0 Å². The van der Waals surface area contributed by atoms with E-state index in [1.807, 2.05) is 34.6 Å². The van der Waals surface area contributed by atoms with Gasteiger partial charge in [-0.3, -0.25) is 9.59 Å². The predicted molar refractivity (Wildman–Crippen MR) is 65.1 cm³/mol. The lowest BCUT2D eigenvalue weighted by Gasteiger charge is -2.22. The van der Waals surface area contributed by atoms with Crippen molar-refractivity contribution in [1.29, 1.82) is 0 Å². The zero-order valence-electron chi connectivity index (χ0n) is 11.2. The van der Waals surface area contributed by atoms with Crippen LogP contribution in [0.25, 0.3) is 0 Å². The lowest BCUT2D eigenvalue weighted by molar-refractivity contribution is -0.133. The number of ketones is 2. The second-order valence-corrected chi connectivity index (χ2v) is 6.38. The van der Waals surface area contributed by atoms with Gasteiger partial charge >= 0.3 is 0 Å². The summed E-state index contributed by atoms with van der Waals surface area (Å²) in [6, 6.07) is 0. The first-order valence-corrected chi connectivity index (χ1v) is 6.30. The van der Waals surface area contributed by atoms with Crippen molar-refractivity contribution in [2.24, 2.45) is 23.2 Å². The van der Waals surface area contributed by atoms with Crippen molar-refractivity contribution in [3.63, 3.8) is 0 Å². The largest absolute Gasteiger partial charge is 0.299 e. The quantitative estimate of drug-likeness (QED) is 0.718. The van der Waals surface area contributed by atoms with Crippen molar-refractivity contribution in [1.82, 2.24) is 0 Å². The first kappa shape index (κ1) is 13.4. The fraction of sp³-hybridized carbons (Fsp3) is 0.857. The summed E-state index contributed by atoms with van der Waals surface area (Å²) in [5.74, 6) is 1.03. The molecule has 0 aromatic carbocycles. The van der Waals surface area contributed by atoms with E-state index in [1.165, 1.54) is 0 Å². The molecule has 2 heteroatoms. The molecule has 16 heavy (non-hydrogen) atoms. The molecule has 1 fully saturated rings. The number of rotatable bonds is 5. The molecule has 1 saturated carbocycles. The summed E-state index contributed by atoms with van der Waals surface area (Å²) in [5, 5.41) is 0. The van der Waals surface area contributed by atoms with Crippen molar-refractivity contribution in [2.45, 2.75) is 53.9 Å². The molecule has 92 valence electrons. The molecule has 0 aliphatic heterocycles. The third kappa shape index (κ3) is 3.43. The fourth-order valence-corrected chi connectivity index (χ4v) is 1.93. The van der Waals surface area contributed by atoms with Crippen LogP contribution in [0.5, 0.6) is 0 Å². The van der Waals surface area contributed by atoms with Gasteiger partial charge in [0, 0.05) is 23.7 Å². The van der Waals surface area contributed by atoms with E-state index < -0.39 is 0 Å². The van der Waals surface area contributed by atoms with Gasteiger partial charge in [-0.25, -0.2) is 0 Å². The van der Waals surface area contributed by atoms with Crippen molar-refractivity contribution < 1.29 is 9.59 Å². The number of hydrogen-bond donors (Lipinski definition) is 0. The van der Waals surface area contributed by atoms with Gasteiger partial charge in [-0.05, 0) is 18.8 Å². The van der Waals surface area contributed by atoms with E-state index in [0.717, 1.165) is 12.8 Å². The molecular weight excluding hydrogens is 200 g/mol. The third-order valence-electron chi connectivity index (χ3n) is 3.37. The Hall–Kier alpha value is -0.660. The van der Waals surface area contributed by atoms with Crippen LogP contribution in [-0.2, 0) is 9.59 Å². The van der Waals surface area contributed by atoms with Crippen LogP contribution in [0.2, 0.25) is 0 Å².